The van der Waals surface area contributed by atoms with Gasteiger partial charge >= 0.3 is 0 Å². The van der Waals surface area contributed by atoms with Gasteiger partial charge in [-0.05, 0) is 20.8 Å². The van der Waals surface area contributed by atoms with Gasteiger partial charge in [0, 0.05) is 12.3 Å². The predicted octanol–water partition coefficient (Wildman–Crippen LogP) is 0.0739. The molecule has 80 valence electrons. The van der Waals surface area contributed by atoms with E-state index < -0.39 is 5.60 Å². The molecule has 2 N–H and O–H groups in total. The van der Waals surface area contributed by atoms with Gasteiger partial charge in [-0.2, -0.15) is 0 Å². The van der Waals surface area contributed by atoms with E-state index in [-0.39, 0.29) is 11.5 Å². The second-order valence-corrected chi connectivity index (χ2v) is 5.53. The SMILES string of the molecule is C#C[C@@]1(O)CC[NH+](C(C)(C)C)C[C@@H]1C. The molecule has 1 aliphatic rings. The number of quaternary nitrogens is 1. The minimum absolute atomic E-state index is 0.190. The molecule has 1 saturated heterocycles. The molecule has 0 amide bonds. The molecule has 3 atom stereocenters. The number of rotatable bonds is 0. The highest BCUT2D eigenvalue weighted by Gasteiger charge is 2.42. The number of piperidine rings is 1. The number of hydrogen-bond donors (Lipinski definition) is 2. The van der Waals surface area contributed by atoms with Crippen LogP contribution in [0.15, 0.2) is 0 Å². The van der Waals surface area contributed by atoms with Gasteiger partial charge in [0.2, 0.25) is 0 Å². The molecule has 2 nitrogen and oxygen atoms in total. The normalized spacial score (nSPS) is 39.1. The zero-order chi connectivity index (χ0) is 11.0. The smallest absolute Gasteiger partial charge is 0.138 e. The average Bonchev–Trinajstić information content (AvgIpc) is 2.08. The maximum absolute atomic E-state index is 10.1. The fraction of sp³-hybridized carbons (Fsp3) is 0.833. The fourth-order valence-electron chi connectivity index (χ4n) is 2.12. The molecule has 0 aliphatic carbocycles. The van der Waals surface area contributed by atoms with Gasteiger partial charge in [-0.1, -0.05) is 12.8 Å². The van der Waals surface area contributed by atoms with E-state index in [1.165, 1.54) is 4.90 Å². The first-order valence-electron chi connectivity index (χ1n) is 5.35. The zero-order valence-corrected chi connectivity index (χ0v) is 9.72. The number of aliphatic hydroxyl groups is 1. The summed E-state index contributed by atoms with van der Waals surface area (Å²) >= 11 is 0. The van der Waals surface area contributed by atoms with Crippen molar-refractivity contribution in [2.75, 3.05) is 13.1 Å². The number of likely N-dealkylation sites (tertiary alicyclic amines) is 1. The van der Waals surface area contributed by atoms with Crippen LogP contribution in [-0.2, 0) is 0 Å². The monoisotopic (exact) mass is 196 g/mol. The Labute approximate surface area is 87.3 Å². The Morgan fingerprint density at radius 3 is 2.43 bits per heavy atom. The van der Waals surface area contributed by atoms with Crippen LogP contribution < -0.4 is 4.90 Å². The van der Waals surface area contributed by atoms with Gasteiger partial charge < -0.3 is 10.0 Å². The van der Waals surface area contributed by atoms with Gasteiger partial charge in [0.25, 0.3) is 0 Å². The molecule has 2 heteroatoms. The predicted molar refractivity (Wildman–Crippen MR) is 58.0 cm³/mol. The van der Waals surface area contributed by atoms with Gasteiger partial charge in [0.1, 0.15) is 5.60 Å². The molecule has 1 heterocycles. The molecule has 1 rings (SSSR count). The van der Waals surface area contributed by atoms with Gasteiger partial charge in [0.15, 0.2) is 0 Å². The fourth-order valence-corrected chi connectivity index (χ4v) is 2.12. The maximum Gasteiger partial charge on any atom is 0.138 e. The van der Waals surface area contributed by atoms with E-state index in [1.54, 1.807) is 0 Å². The quantitative estimate of drug-likeness (QED) is 0.527. The summed E-state index contributed by atoms with van der Waals surface area (Å²) in [5.74, 6) is 2.73. The van der Waals surface area contributed by atoms with Crippen LogP contribution in [0, 0.1) is 18.3 Å². The Hall–Kier alpha value is -0.520. The van der Waals surface area contributed by atoms with Crippen molar-refractivity contribution in [2.45, 2.75) is 45.3 Å². The highest BCUT2D eigenvalue weighted by Crippen LogP contribution is 2.22. The Kier molecular flexibility index (Phi) is 2.94. The van der Waals surface area contributed by atoms with Crippen LogP contribution in [0.1, 0.15) is 34.1 Å². The van der Waals surface area contributed by atoms with Crippen LogP contribution in [0.2, 0.25) is 0 Å². The summed E-state index contributed by atoms with van der Waals surface area (Å²) in [7, 11) is 0. The molecule has 1 aliphatic heterocycles. The second-order valence-electron chi connectivity index (χ2n) is 5.53. The number of hydrogen-bond acceptors (Lipinski definition) is 1. The van der Waals surface area contributed by atoms with E-state index in [2.05, 4.69) is 26.7 Å². The molecule has 0 aromatic rings. The van der Waals surface area contributed by atoms with Crippen LogP contribution in [0.4, 0.5) is 0 Å². The molecule has 0 aromatic heterocycles. The Bertz CT molecular complexity index is 248. The summed E-state index contributed by atoms with van der Waals surface area (Å²) in [6, 6.07) is 0. The van der Waals surface area contributed by atoms with Gasteiger partial charge in [-0.3, -0.25) is 0 Å². The van der Waals surface area contributed by atoms with Crippen molar-refractivity contribution in [1.29, 1.82) is 0 Å². The molecular formula is C12H22NO+. The molecule has 0 radical (unpaired) electrons. The Morgan fingerprint density at radius 1 is 1.50 bits per heavy atom. The van der Waals surface area contributed by atoms with Crippen LogP contribution >= 0.6 is 0 Å². The minimum Gasteiger partial charge on any atom is -0.377 e. The highest BCUT2D eigenvalue weighted by atomic mass is 16.3. The van der Waals surface area contributed by atoms with E-state index in [4.69, 9.17) is 6.42 Å². The first-order valence-corrected chi connectivity index (χ1v) is 5.35. The van der Waals surface area contributed by atoms with Crippen molar-refractivity contribution in [3.8, 4) is 12.3 Å². The van der Waals surface area contributed by atoms with Gasteiger partial charge in [-0.25, -0.2) is 0 Å². The largest absolute Gasteiger partial charge is 0.377 e. The molecule has 0 saturated carbocycles. The van der Waals surface area contributed by atoms with Crippen molar-refractivity contribution in [3.05, 3.63) is 0 Å². The summed E-state index contributed by atoms with van der Waals surface area (Å²) in [5.41, 5.74) is -0.612. The lowest BCUT2D eigenvalue weighted by molar-refractivity contribution is -0.956. The molecule has 1 fully saturated rings. The molecular weight excluding hydrogens is 174 g/mol. The number of nitrogens with one attached hydrogen (secondary N) is 1. The van der Waals surface area contributed by atoms with E-state index in [0.29, 0.717) is 0 Å². The standard InChI is InChI=1S/C12H21NO/c1-6-12(14)7-8-13(9-10(12)2)11(3,4)5/h1,10,14H,7-9H2,2-5H3/p+1/t10-,12+/m0/s1. The van der Waals surface area contributed by atoms with Crippen molar-refractivity contribution >= 4 is 0 Å². The number of terminal acetylenes is 1. The molecule has 1 unspecified atom stereocenters. The lowest BCUT2D eigenvalue weighted by Crippen LogP contribution is -3.21. The lowest BCUT2D eigenvalue weighted by Gasteiger charge is -2.43. The van der Waals surface area contributed by atoms with Crippen molar-refractivity contribution in [3.63, 3.8) is 0 Å². The van der Waals surface area contributed by atoms with E-state index in [9.17, 15) is 5.11 Å². The van der Waals surface area contributed by atoms with Crippen molar-refractivity contribution in [1.82, 2.24) is 0 Å². The van der Waals surface area contributed by atoms with Crippen LogP contribution in [0.25, 0.3) is 0 Å². The minimum atomic E-state index is -0.866. The molecule has 0 aromatic carbocycles. The van der Waals surface area contributed by atoms with Crippen LogP contribution in [0.3, 0.4) is 0 Å². The third kappa shape index (κ3) is 2.10. The van der Waals surface area contributed by atoms with Crippen LogP contribution in [0.5, 0.6) is 0 Å². The topological polar surface area (TPSA) is 24.7 Å². The summed E-state index contributed by atoms with van der Waals surface area (Å²) in [6.45, 7) is 10.7. The highest BCUT2D eigenvalue weighted by molar-refractivity contribution is 5.10. The maximum atomic E-state index is 10.1. The van der Waals surface area contributed by atoms with E-state index in [1.807, 2.05) is 6.92 Å². The van der Waals surface area contributed by atoms with Crippen molar-refractivity contribution in [2.24, 2.45) is 5.92 Å². The molecule has 0 spiro atoms. The summed E-state index contributed by atoms with van der Waals surface area (Å²) in [4.78, 5) is 1.53. The van der Waals surface area contributed by atoms with Gasteiger partial charge in [-0.15, -0.1) is 6.42 Å². The average molecular weight is 196 g/mol. The third-order valence-electron chi connectivity index (χ3n) is 3.49. The first kappa shape index (κ1) is 11.6. The molecule has 0 bridgehead atoms. The lowest BCUT2D eigenvalue weighted by atomic mass is 9.81. The Morgan fingerprint density at radius 2 is 2.07 bits per heavy atom. The summed E-state index contributed by atoms with van der Waals surface area (Å²) < 4.78 is 0. The third-order valence-corrected chi connectivity index (χ3v) is 3.49. The summed E-state index contributed by atoms with van der Waals surface area (Å²) in [5, 5.41) is 10.1. The second kappa shape index (κ2) is 3.56. The van der Waals surface area contributed by atoms with Gasteiger partial charge in [0.05, 0.1) is 18.6 Å². The zero-order valence-electron chi connectivity index (χ0n) is 9.72. The van der Waals surface area contributed by atoms with Crippen molar-refractivity contribution < 1.29 is 10.0 Å². The van der Waals surface area contributed by atoms with E-state index >= 15 is 0 Å². The molecule has 14 heavy (non-hydrogen) atoms. The first-order chi connectivity index (χ1) is 6.29. The Balaban J connectivity index is 2.70. The van der Waals surface area contributed by atoms with E-state index in [0.717, 1.165) is 19.5 Å². The summed E-state index contributed by atoms with van der Waals surface area (Å²) in [6.07, 6.45) is 6.09. The van der Waals surface area contributed by atoms with Crippen LogP contribution in [-0.4, -0.2) is 29.3 Å².